The van der Waals surface area contributed by atoms with Crippen LogP contribution in [0, 0.1) is 12.8 Å². The molecule has 1 aromatic rings. The zero-order chi connectivity index (χ0) is 21.6. The minimum absolute atomic E-state index is 0.0305. The van der Waals surface area contributed by atoms with Crippen LogP contribution < -0.4 is 0 Å². The van der Waals surface area contributed by atoms with Crippen LogP contribution in [-0.4, -0.2) is 34.7 Å². The van der Waals surface area contributed by atoms with E-state index in [4.69, 9.17) is 9.47 Å². The lowest BCUT2D eigenvalue weighted by atomic mass is 10.0. The van der Waals surface area contributed by atoms with Gasteiger partial charge in [0.2, 0.25) is 0 Å². The van der Waals surface area contributed by atoms with Gasteiger partial charge in [-0.25, -0.2) is 9.59 Å². The van der Waals surface area contributed by atoms with Gasteiger partial charge in [-0.1, -0.05) is 43.7 Å². The maximum absolute atomic E-state index is 13.1. The molecule has 0 aliphatic heterocycles. The Balaban J connectivity index is 2.28. The first-order valence-corrected chi connectivity index (χ1v) is 10.8. The minimum Gasteiger partial charge on any atom is -0.461 e. The summed E-state index contributed by atoms with van der Waals surface area (Å²) in [4.78, 5) is 27.8. The molecule has 0 aromatic heterocycles. The summed E-state index contributed by atoms with van der Waals surface area (Å²) in [5, 5.41) is 0. The summed E-state index contributed by atoms with van der Waals surface area (Å²) in [5.41, 5.74) is 1.47. The Bertz CT molecular complexity index is 669. The molecule has 0 unspecified atom stereocenters. The second-order valence-electron chi connectivity index (χ2n) is 9.58. The zero-order valence-corrected chi connectivity index (χ0v) is 18.9. The van der Waals surface area contributed by atoms with Crippen molar-refractivity contribution < 1.29 is 19.1 Å². The van der Waals surface area contributed by atoms with Crippen molar-refractivity contribution in [2.45, 2.75) is 97.9 Å². The predicted molar refractivity (Wildman–Crippen MR) is 115 cm³/mol. The van der Waals surface area contributed by atoms with E-state index in [0.29, 0.717) is 13.0 Å². The Kier molecular flexibility index (Phi) is 8.12. The maximum Gasteiger partial charge on any atom is 0.411 e. The van der Waals surface area contributed by atoms with Gasteiger partial charge in [0.1, 0.15) is 17.7 Å². The van der Waals surface area contributed by atoms with Crippen LogP contribution in [-0.2, 0) is 20.8 Å². The fraction of sp³-hybridized carbons (Fsp3) is 0.667. The molecule has 1 amide bonds. The number of carbonyl (C=O) groups excluding carboxylic acids is 2. The molecule has 0 N–H and O–H groups in total. The lowest BCUT2D eigenvalue weighted by Gasteiger charge is -2.33. The van der Waals surface area contributed by atoms with Crippen LogP contribution in [0.3, 0.4) is 0 Å². The van der Waals surface area contributed by atoms with Crippen LogP contribution >= 0.6 is 0 Å². The van der Waals surface area contributed by atoms with E-state index < -0.39 is 17.7 Å². The second-order valence-corrected chi connectivity index (χ2v) is 9.58. The molecular weight excluding hydrogens is 366 g/mol. The van der Waals surface area contributed by atoms with Crippen molar-refractivity contribution in [3.63, 3.8) is 0 Å². The van der Waals surface area contributed by atoms with E-state index in [-0.39, 0.29) is 18.0 Å². The maximum atomic E-state index is 13.1. The summed E-state index contributed by atoms with van der Waals surface area (Å²) in [5.74, 6) is -0.0809. The molecule has 0 saturated heterocycles. The van der Waals surface area contributed by atoms with Crippen LogP contribution in [0.4, 0.5) is 4.79 Å². The van der Waals surface area contributed by atoms with Crippen molar-refractivity contribution in [2.75, 3.05) is 0 Å². The molecule has 1 aliphatic rings. The van der Waals surface area contributed by atoms with Crippen LogP contribution in [0.2, 0.25) is 0 Å². The molecule has 5 heteroatoms. The highest BCUT2D eigenvalue weighted by Crippen LogP contribution is 2.25. The molecule has 2 rings (SSSR count). The third-order valence-electron chi connectivity index (χ3n) is 5.03. The van der Waals surface area contributed by atoms with Crippen LogP contribution in [0.5, 0.6) is 0 Å². The average Bonchev–Trinajstić information content (AvgIpc) is 3.10. The molecule has 162 valence electrons. The fourth-order valence-electron chi connectivity index (χ4n) is 3.56. The Labute approximate surface area is 175 Å². The molecule has 0 spiro atoms. The van der Waals surface area contributed by atoms with Gasteiger partial charge >= 0.3 is 12.1 Å². The molecule has 29 heavy (non-hydrogen) atoms. The quantitative estimate of drug-likeness (QED) is 0.553. The van der Waals surface area contributed by atoms with E-state index in [1.807, 2.05) is 52.0 Å². The fourth-order valence-corrected chi connectivity index (χ4v) is 3.56. The normalized spacial score (nSPS) is 16.0. The van der Waals surface area contributed by atoms with Gasteiger partial charge in [-0.05, 0) is 71.3 Å². The van der Waals surface area contributed by atoms with Gasteiger partial charge in [-0.3, -0.25) is 4.90 Å². The molecule has 1 saturated carbocycles. The third kappa shape index (κ3) is 7.71. The summed E-state index contributed by atoms with van der Waals surface area (Å²) in [6, 6.07) is 7.34. The summed E-state index contributed by atoms with van der Waals surface area (Å²) in [6.07, 6.45) is 4.02. The molecule has 1 fully saturated rings. The van der Waals surface area contributed by atoms with Gasteiger partial charge in [-0.2, -0.15) is 0 Å². The van der Waals surface area contributed by atoms with Crippen molar-refractivity contribution in [1.82, 2.24) is 4.90 Å². The molecule has 0 heterocycles. The number of aryl methyl sites for hydroxylation is 1. The number of nitrogens with zero attached hydrogens (tertiary/aromatic N) is 1. The number of hydrogen-bond donors (Lipinski definition) is 0. The zero-order valence-electron chi connectivity index (χ0n) is 18.9. The minimum atomic E-state index is -0.660. The van der Waals surface area contributed by atoms with E-state index in [9.17, 15) is 9.59 Å². The number of carbonyl (C=O) groups is 2. The lowest BCUT2D eigenvalue weighted by molar-refractivity contribution is -0.156. The Morgan fingerprint density at radius 1 is 1.10 bits per heavy atom. The Morgan fingerprint density at radius 2 is 1.69 bits per heavy atom. The SMILES string of the molecule is Cc1ccc(CN(C(=O)OC(C)(C)C)[C@@H](CC(C)C)C(=O)OC2CCCC2)cc1. The first-order valence-electron chi connectivity index (χ1n) is 10.8. The predicted octanol–water partition coefficient (Wildman–Crippen LogP) is 5.63. The van der Waals surface area contributed by atoms with Gasteiger partial charge in [-0.15, -0.1) is 0 Å². The topological polar surface area (TPSA) is 55.8 Å². The smallest absolute Gasteiger partial charge is 0.411 e. The van der Waals surface area contributed by atoms with E-state index in [1.54, 1.807) is 4.90 Å². The molecule has 1 atom stereocenters. The Hall–Kier alpha value is -2.04. The van der Waals surface area contributed by atoms with E-state index in [2.05, 4.69) is 13.8 Å². The molecule has 0 radical (unpaired) electrons. The molecular formula is C24H37NO4. The summed E-state index contributed by atoms with van der Waals surface area (Å²) < 4.78 is 11.5. The van der Waals surface area contributed by atoms with Gasteiger partial charge < -0.3 is 9.47 Å². The summed E-state index contributed by atoms with van der Waals surface area (Å²) in [6.45, 7) is 11.9. The highest BCUT2D eigenvalue weighted by Gasteiger charge is 2.36. The monoisotopic (exact) mass is 403 g/mol. The lowest BCUT2D eigenvalue weighted by Crippen LogP contribution is -2.48. The largest absolute Gasteiger partial charge is 0.461 e. The number of amides is 1. The van der Waals surface area contributed by atoms with Crippen LogP contribution in [0.1, 0.15) is 77.8 Å². The number of esters is 1. The number of benzene rings is 1. The number of ether oxygens (including phenoxy) is 2. The van der Waals surface area contributed by atoms with Crippen LogP contribution in [0.25, 0.3) is 0 Å². The van der Waals surface area contributed by atoms with Crippen molar-refractivity contribution in [2.24, 2.45) is 5.92 Å². The van der Waals surface area contributed by atoms with E-state index in [1.165, 1.54) is 0 Å². The van der Waals surface area contributed by atoms with Crippen molar-refractivity contribution >= 4 is 12.1 Å². The van der Waals surface area contributed by atoms with E-state index >= 15 is 0 Å². The molecule has 1 aromatic carbocycles. The standard InChI is InChI=1S/C24H37NO4/c1-17(2)15-21(22(26)28-20-9-7-8-10-20)25(23(27)29-24(4,5)6)16-19-13-11-18(3)12-14-19/h11-14,17,20-21H,7-10,15-16H2,1-6H3/t21-/m0/s1. The van der Waals surface area contributed by atoms with Crippen molar-refractivity contribution in [1.29, 1.82) is 0 Å². The third-order valence-corrected chi connectivity index (χ3v) is 5.03. The number of rotatable bonds is 7. The number of hydrogen-bond acceptors (Lipinski definition) is 4. The first-order chi connectivity index (χ1) is 13.5. The summed E-state index contributed by atoms with van der Waals surface area (Å²) in [7, 11) is 0. The molecule has 1 aliphatic carbocycles. The van der Waals surface area contributed by atoms with Crippen molar-refractivity contribution in [3.8, 4) is 0 Å². The van der Waals surface area contributed by atoms with Gasteiger partial charge in [0.15, 0.2) is 0 Å². The first kappa shape index (κ1) is 23.2. The van der Waals surface area contributed by atoms with Gasteiger partial charge in [0, 0.05) is 6.54 Å². The Morgan fingerprint density at radius 3 is 2.21 bits per heavy atom. The molecule has 5 nitrogen and oxygen atoms in total. The highest BCUT2D eigenvalue weighted by atomic mass is 16.6. The van der Waals surface area contributed by atoms with E-state index in [0.717, 1.165) is 36.8 Å². The van der Waals surface area contributed by atoms with Crippen molar-refractivity contribution in [3.05, 3.63) is 35.4 Å². The van der Waals surface area contributed by atoms with Gasteiger partial charge in [0.25, 0.3) is 0 Å². The van der Waals surface area contributed by atoms with Crippen LogP contribution in [0.15, 0.2) is 24.3 Å². The molecule has 0 bridgehead atoms. The van der Waals surface area contributed by atoms with Gasteiger partial charge in [0.05, 0.1) is 0 Å². The summed E-state index contributed by atoms with van der Waals surface area (Å²) >= 11 is 0. The highest BCUT2D eigenvalue weighted by molar-refractivity contribution is 5.81. The second kappa shape index (κ2) is 10.1. The average molecular weight is 404 g/mol.